The number of benzene rings is 3. The number of nitrogens with one attached hydrogen (secondary N) is 1. The maximum absolute atomic E-state index is 14.2. The number of pyridine rings is 1. The highest BCUT2D eigenvalue weighted by Gasteiger charge is 2.31. The van der Waals surface area contributed by atoms with Gasteiger partial charge in [0.2, 0.25) is 0 Å². The van der Waals surface area contributed by atoms with Crippen LogP contribution in [0.15, 0.2) is 109 Å². The van der Waals surface area contributed by atoms with Gasteiger partial charge in [0.05, 0.1) is 29.9 Å². The minimum atomic E-state index is -1.11. The minimum absolute atomic E-state index is 0.0426. The Balaban J connectivity index is 1.46. The highest BCUT2D eigenvalue weighted by atomic mass is 19.1. The van der Waals surface area contributed by atoms with Gasteiger partial charge in [-0.05, 0) is 72.4 Å². The number of anilines is 1. The number of para-hydroxylation sites is 1. The summed E-state index contributed by atoms with van der Waals surface area (Å²) in [4.78, 5) is 30.5. The Kier molecular flexibility index (Phi) is 11.5. The Morgan fingerprint density at radius 2 is 1.56 bits per heavy atom. The molecule has 1 amide bonds. The molecule has 3 N–H and O–H groups in total. The molecule has 3 aromatic carbocycles. The smallest absolute Gasteiger partial charge is 0.308 e. The van der Waals surface area contributed by atoms with Crippen LogP contribution < -0.4 is 5.32 Å². The van der Waals surface area contributed by atoms with Gasteiger partial charge in [-0.3, -0.25) is 14.6 Å². The van der Waals surface area contributed by atoms with E-state index >= 15 is 0 Å². The lowest BCUT2D eigenvalue weighted by Gasteiger charge is -2.20. The number of amides is 1. The molecule has 2 heterocycles. The van der Waals surface area contributed by atoms with E-state index < -0.39 is 18.2 Å². The third kappa shape index (κ3) is 8.61. The fraction of sp³-hybridized carbons (Fsp3) is 0.256. The second kappa shape index (κ2) is 16.1. The quantitative estimate of drug-likeness (QED) is 0.108. The van der Waals surface area contributed by atoms with Crippen LogP contribution in [-0.2, 0) is 22.7 Å². The molecule has 248 valence electrons. The van der Waals surface area contributed by atoms with Crippen molar-refractivity contribution in [1.29, 1.82) is 0 Å². The number of ether oxygens (including phenoxy) is 1. The van der Waals surface area contributed by atoms with Gasteiger partial charge in [0, 0.05) is 41.4 Å². The topological polar surface area (TPSA) is 114 Å². The van der Waals surface area contributed by atoms with E-state index in [4.69, 9.17) is 4.74 Å². The van der Waals surface area contributed by atoms with Gasteiger partial charge in [-0.15, -0.1) is 0 Å². The predicted octanol–water partition coefficient (Wildman–Crippen LogP) is 7.37. The molecule has 2 aromatic heterocycles. The Morgan fingerprint density at radius 1 is 0.875 bits per heavy atom. The number of carbonyl (C=O) groups excluding carboxylic acids is 2. The monoisotopic (exact) mass is 649 g/mol. The average molecular weight is 650 g/mol. The van der Waals surface area contributed by atoms with Crippen LogP contribution in [0.25, 0.3) is 22.4 Å². The summed E-state index contributed by atoms with van der Waals surface area (Å²) in [5.74, 6) is -1.36. The number of nitrogens with zero attached hydrogens (tertiary/aromatic N) is 2. The molecule has 0 unspecified atom stereocenters. The van der Waals surface area contributed by atoms with Crippen LogP contribution in [0.4, 0.5) is 10.1 Å². The van der Waals surface area contributed by atoms with E-state index in [0.29, 0.717) is 22.4 Å². The molecule has 0 spiro atoms. The number of esters is 1. The molecule has 0 saturated heterocycles. The number of hydrogen-bond acceptors (Lipinski definition) is 6. The summed E-state index contributed by atoms with van der Waals surface area (Å²) >= 11 is 0. The van der Waals surface area contributed by atoms with E-state index in [0.717, 1.165) is 22.5 Å². The van der Waals surface area contributed by atoms with E-state index in [2.05, 4.69) is 10.3 Å². The molecule has 48 heavy (non-hydrogen) atoms. The van der Waals surface area contributed by atoms with Crippen molar-refractivity contribution in [2.24, 2.45) is 0 Å². The molecule has 9 heteroatoms. The fourth-order valence-corrected chi connectivity index (χ4v) is 5.90. The Bertz CT molecular complexity index is 1790. The molecule has 0 aliphatic heterocycles. The highest BCUT2D eigenvalue weighted by molar-refractivity contribution is 6.12. The van der Waals surface area contributed by atoms with Crippen molar-refractivity contribution in [1.82, 2.24) is 9.55 Å². The first-order valence-electron chi connectivity index (χ1n) is 16.1. The number of aliphatic hydroxyl groups is 2. The van der Waals surface area contributed by atoms with Crippen molar-refractivity contribution in [2.75, 3.05) is 5.32 Å². The summed E-state index contributed by atoms with van der Waals surface area (Å²) in [7, 11) is 0. The van der Waals surface area contributed by atoms with Crippen molar-refractivity contribution >= 4 is 17.6 Å². The Labute approximate surface area is 279 Å². The van der Waals surface area contributed by atoms with Crippen LogP contribution in [0.3, 0.4) is 0 Å². The third-order valence-electron chi connectivity index (χ3n) is 8.04. The summed E-state index contributed by atoms with van der Waals surface area (Å²) in [5.41, 5.74) is 5.57. The second-order valence-electron chi connectivity index (χ2n) is 12.0. The molecule has 8 nitrogen and oxygen atoms in total. The van der Waals surface area contributed by atoms with Gasteiger partial charge in [-0.25, -0.2) is 4.39 Å². The zero-order valence-corrected chi connectivity index (χ0v) is 27.1. The molecule has 2 atom stereocenters. The number of aliphatic hydroxyl groups excluding tert-OH is 2. The summed E-state index contributed by atoms with van der Waals surface area (Å²) < 4.78 is 21.4. The Morgan fingerprint density at radius 3 is 2.21 bits per heavy atom. The molecule has 0 aliphatic rings. The number of aromatic nitrogens is 2. The van der Waals surface area contributed by atoms with E-state index in [1.54, 1.807) is 36.7 Å². The van der Waals surface area contributed by atoms with Gasteiger partial charge in [0.25, 0.3) is 5.91 Å². The van der Waals surface area contributed by atoms with Gasteiger partial charge in [-0.2, -0.15) is 0 Å². The number of rotatable bonds is 14. The van der Waals surface area contributed by atoms with Gasteiger partial charge in [0.1, 0.15) is 12.4 Å². The van der Waals surface area contributed by atoms with Crippen molar-refractivity contribution in [3.8, 4) is 22.4 Å². The standard InChI is InChI=1S/C39H40FN3O5/c1-26(2)37-36(39(47)42-31-13-7-4-8-14-31)35(28-11-5-3-6-12-28)38(29-15-17-30(40)18-16-29)43(37)21-19-32(44)22-33(45)23-34(46)48-25-27-10-9-20-41-24-27/h3-18,20,24,26,32-33,44-45H,19,21-23,25H2,1-2H3,(H,42,47)/t32-,33-/m1/s1. The van der Waals surface area contributed by atoms with Crippen LogP contribution in [0.2, 0.25) is 0 Å². The largest absolute Gasteiger partial charge is 0.461 e. The van der Waals surface area contributed by atoms with Crippen LogP contribution >= 0.6 is 0 Å². The minimum Gasteiger partial charge on any atom is -0.461 e. The summed E-state index contributed by atoms with van der Waals surface area (Å²) in [5, 5.41) is 24.7. The van der Waals surface area contributed by atoms with Crippen molar-refractivity contribution in [2.45, 2.75) is 64.4 Å². The molecule has 0 aliphatic carbocycles. The first-order chi connectivity index (χ1) is 23.2. The van der Waals surface area contributed by atoms with Gasteiger partial charge >= 0.3 is 5.97 Å². The first-order valence-corrected chi connectivity index (χ1v) is 16.1. The lowest BCUT2D eigenvalue weighted by Crippen LogP contribution is -2.23. The Hall–Kier alpha value is -5.12. The number of hydrogen-bond donors (Lipinski definition) is 3. The van der Waals surface area contributed by atoms with E-state index in [1.807, 2.05) is 79.1 Å². The SMILES string of the molecule is CC(C)c1c(C(=O)Nc2ccccc2)c(-c2ccccc2)c(-c2ccc(F)cc2)n1CC[C@@H](O)C[C@@H](O)CC(=O)OCc1cccnc1. The molecule has 0 radical (unpaired) electrons. The van der Waals surface area contributed by atoms with Gasteiger partial charge in [-0.1, -0.05) is 68.4 Å². The molecule has 0 saturated carbocycles. The van der Waals surface area contributed by atoms with Gasteiger partial charge < -0.3 is 24.8 Å². The van der Waals surface area contributed by atoms with Crippen molar-refractivity contribution in [3.05, 3.63) is 132 Å². The molecule has 5 rings (SSSR count). The lowest BCUT2D eigenvalue weighted by molar-refractivity contribution is -0.147. The number of halogens is 1. The molecular weight excluding hydrogens is 609 g/mol. The van der Waals surface area contributed by atoms with Crippen LogP contribution in [0, 0.1) is 5.82 Å². The van der Waals surface area contributed by atoms with Crippen LogP contribution in [0.5, 0.6) is 0 Å². The molecular formula is C39H40FN3O5. The first kappa shape index (κ1) is 34.2. The molecule has 5 aromatic rings. The maximum atomic E-state index is 14.2. The lowest BCUT2D eigenvalue weighted by atomic mass is 9.94. The number of carbonyl (C=O) groups is 2. The highest BCUT2D eigenvalue weighted by Crippen LogP contribution is 2.42. The van der Waals surface area contributed by atoms with Crippen LogP contribution in [-0.4, -0.2) is 43.8 Å². The second-order valence-corrected chi connectivity index (χ2v) is 12.0. The van der Waals surface area contributed by atoms with E-state index in [9.17, 15) is 24.2 Å². The normalized spacial score (nSPS) is 12.5. The van der Waals surface area contributed by atoms with Gasteiger partial charge in [0.15, 0.2) is 0 Å². The molecule has 0 bridgehead atoms. The predicted molar refractivity (Wildman–Crippen MR) is 184 cm³/mol. The van der Waals surface area contributed by atoms with E-state index in [1.165, 1.54) is 12.1 Å². The molecule has 0 fully saturated rings. The summed E-state index contributed by atoms with van der Waals surface area (Å²) in [6.45, 7) is 4.35. The average Bonchev–Trinajstić information content (AvgIpc) is 3.43. The van der Waals surface area contributed by atoms with Crippen molar-refractivity contribution < 1.29 is 28.9 Å². The zero-order chi connectivity index (χ0) is 34.0. The fourth-order valence-electron chi connectivity index (χ4n) is 5.90. The van der Waals surface area contributed by atoms with E-state index in [-0.39, 0.29) is 50.1 Å². The van der Waals surface area contributed by atoms with Crippen molar-refractivity contribution in [3.63, 3.8) is 0 Å². The summed E-state index contributed by atoms with van der Waals surface area (Å²) in [6.07, 6.45) is 1.06. The summed E-state index contributed by atoms with van der Waals surface area (Å²) in [6, 6.07) is 28.5. The maximum Gasteiger partial charge on any atom is 0.308 e. The zero-order valence-electron chi connectivity index (χ0n) is 27.1. The van der Waals surface area contributed by atoms with Crippen LogP contribution in [0.1, 0.15) is 60.6 Å². The third-order valence-corrected chi connectivity index (χ3v) is 8.04.